The lowest BCUT2D eigenvalue weighted by atomic mass is 10.1. The van der Waals surface area contributed by atoms with Gasteiger partial charge in [-0.3, -0.25) is 0 Å². The summed E-state index contributed by atoms with van der Waals surface area (Å²) >= 11 is 0. The lowest BCUT2D eigenvalue weighted by Crippen LogP contribution is -2.52. The van der Waals surface area contributed by atoms with Crippen molar-refractivity contribution in [1.82, 2.24) is 0 Å². The molecule has 0 atom stereocenters. The summed E-state index contributed by atoms with van der Waals surface area (Å²) in [6.07, 6.45) is 0.446. The van der Waals surface area contributed by atoms with Gasteiger partial charge in [0.05, 0.1) is 6.10 Å². The Kier molecular flexibility index (Phi) is 2.73. The van der Waals surface area contributed by atoms with Gasteiger partial charge in [-0.05, 0) is 26.0 Å². The van der Waals surface area contributed by atoms with Crippen LogP contribution in [-0.4, -0.2) is 25.8 Å². The van der Waals surface area contributed by atoms with Gasteiger partial charge in [0, 0.05) is 25.4 Å². The summed E-state index contributed by atoms with van der Waals surface area (Å²) < 4.78 is 5.51. The van der Waals surface area contributed by atoms with E-state index >= 15 is 0 Å². The van der Waals surface area contributed by atoms with Gasteiger partial charge in [0.1, 0.15) is 0 Å². The average molecular weight is 191 g/mol. The summed E-state index contributed by atoms with van der Waals surface area (Å²) in [6.45, 7) is 7.07. The average Bonchev–Trinajstić information content (AvgIpc) is 2.13. The van der Waals surface area contributed by atoms with Crippen molar-refractivity contribution in [2.75, 3.05) is 24.6 Å². The second-order valence-electron chi connectivity index (χ2n) is 3.82. The molecule has 1 aromatic carbocycles. The molecule has 0 saturated carbocycles. The molecule has 2 rings (SSSR count). The van der Waals surface area contributed by atoms with E-state index in [2.05, 4.69) is 43.0 Å². The first-order chi connectivity index (χ1) is 6.79. The van der Waals surface area contributed by atoms with E-state index in [4.69, 9.17) is 4.74 Å². The second kappa shape index (κ2) is 4.01. The fraction of sp³-hybridized carbons (Fsp3) is 0.500. The van der Waals surface area contributed by atoms with Gasteiger partial charge in [-0.15, -0.1) is 0 Å². The van der Waals surface area contributed by atoms with Crippen molar-refractivity contribution in [3.8, 4) is 0 Å². The zero-order valence-electron chi connectivity index (χ0n) is 8.86. The fourth-order valence-corrected chi connectivity index (χ4v) is 1.75. The van der Waals surface area contributed by atoms with Crippen molar-refractivity contribution in [2.24, 2.45) is 0 Å². The Balaban J connectivity index is 1.90. The fourth-order valence-electron chi connectivity index (χ4n) is 1.75. The van der Waals surface area contributed by atoms with Crippen LogP contribution in [0.25, 0.3) is 0 Å². The third kappa shape index (κ3) is 1.90. The lowest BCUT2D eigenvalue weighted by Gasteiger charge is -2.40. The molecule has 1 aromatic rings. The minimum Gasteiger partial charge on any atom is -0.375 e. The van der Waals surface area contributed by atoms with Crippen LogP contribution in [0, 0.1) is 6.92 Å². The van der Waals surface area contributed by atoms with Crippen molar-refractivity contribution in [3.63, 3.8) is 0 Å². The lowest BCUT2D eigenvalue weighted by molar-refractivity contribution is 0.0431. The van der Waals surface area contributed by atoms with Crippen LogP contribution in [0.15, 0.2) is 24.3 Å². The minimum absolute atomic E-state index is 0.446. The number of hydrogen-bond acceptors (Lipinski definition) is 2. The number of ether oxygens (including phenoxy) is 1. The highest BCUT2D eigenvalue weighted by Gasteiger charge is 2.26. The van der Waals surface area contributed by atoms with Crippen LogP contribution in [0.3, 0.4) is 0 Å². The number of benzene rings is 1. The Morgan fingerprint density at radius 3 is 2.50 bits per heavy atom. The molecule has 0 amide bonds. The van der Waals surface area contributed by atoms with E-state index < -0.39 is 0 Å². The quantitative estimate of drug-likeness (QED) is 0.726. The van der Waals surface area contributed by atoms with Crippen LogP contribution in [0.2, 0.25) is 0 Å². The first kappa shape index (κ1) is 9.53. The van der Waals surface area contributed by atoms with Gasteiger partial charge < -0.3 is 9.64 Å². The molecule has 14 heavy (non-hydrogen) atoms. The molecular weight excluding hydrogens is 174 g/mol. The molecule has 2 heteroatoms. The molecule has 2 nitrogen and oxygen atoms in total. The molecule has 1 saturated heterocycles. The van der Waals surface area contributed by atoms with Crippen molar-refractivity contribution >= 4 is 5.69 Å². The van der Waals surface area contributed by atoms with Crippen LogP contribution in [0.5, 0.6) is 0 Å². The van der Waals surface area contributed by atoms with Gasteiger partial charge in [0.25, 0.3) is 0 Å². The van der Waals surface area contributed by atoms with E-state index in [0.717, 1.165) is 19.7 Å². The topological polar surface area (TPSA) is 12.5 Å². The molecule has 1 fully saturated rings. The predicted octanol–water partition coefficient (Wildman–Crippen LogP) is 2.22. The van der Waals surface area contributed by atoms with Gasteiger partial charge in [-0.1, -0.05) is 17.7 Å². The molecule has 76 valence electrons. The largest absolute Gasteiger partial charge is 0.375 e. The van der Waals surface area contributed by atoms with E-state index in [-0.39, 0.29) is 0 Å². The van der Waals surface area contributed by atoms with Crippen LogP contribution in [-0.2, 0) is 4.74 Å². The number of hydrogen-bond donors (Lipinski definition) is 0. The summed E-state index contributed by atoms with van der Waals surface area (Å²) in [4.78, 5) is 2.35. The van der Waals surface area contributed by atoms with E-state index in [1.165, 1.54) is 11.3 Å². The van der Waals surface area contributed by atoms with Gasteiger partial charge in [-0.2, -0.15) is 0 Å². The summed E-state index contributed by atoms with van der Waals surface area (Å²) in [7, 11) is 0. The predicted molar refractivity (Wildman–Crippen MR) is 58.8 cm³/mol. The molecule has 0 aliphatic carbocycles. The molecule has 0 radical (unpaired) electrons. The molecule has 1 aliphatic heterocycles. The Labute approximate surface area is 85.5 Å². The van der Waals surface area contributed by atoms with E-state index in [1.807, 2.05) is 0 Å². The second-order valence-corrected chi connectivity index (χ2v) is 3.82. The van der Waals surface area contributed by atoms with Crippen molar-refractivity contribution < 1.29 is 4.74 Å². The molecule has 0 spiro atoms. The highest BCUT2D eigenvalue weighted by molar-refractivity contribution is 5.50. The zero-order valence-corrected chi connectivity index (χ0v) is 8.86. The third-order valence-corrected chi connectivity index (χ3v) is 2.65. The SMILES string of the molecule is CCOC1CN(c2ccc(C)cc2)C1. The number of anilines is 1. The Morgan fingerprint density at radius 1 is 1.29 bits per heavy atom. The third-order valence-electron chi connectivity index (χ3n) is 2.65. The van der Waals surface area contributed by atoms with Crippen LogP contribution in [0.1, 0.15) is 12.5 Å². The number of rotatable bonds is 3. The molecule has 0 unspecified atom stereocenters. The molecule has 0 aromatic heterocycles. The Morgan fingerprint density at radius 2 is 1.93 bits per heavy atom. The van der Waals surface area contributed by atoms with Crippen molar-refractivity contribution in [1.29, 1.82) is 0 Å². The molecule has 1 heterocycles. The summed E-state index contributed by atoms with van der Waals surface area (Å²) in [5.74, 6) is 0. The highest BCUT2D eigenvalue weighted by atomic mass is 16.5. The van der Waals surface area contributed by atoms with Gasteiger partial charge in [0.15, 0.2) is 0 Å². The van der Waals surface area contributed by atoms with E-state index in [1.54, 1.807) is 0 Å². The molecule has 1 aliphatic rings. The van der Waals surface area contributed by atoms with Crippen molar-refractivity contribution in [3.05, 3.63) is 29.8 Å². The van der Waals surface area contributed by atoms with E-state index in [9.17, 15) is 0 Å². The van der Waals surface area contributed by atoms with Crippen molar-refractivity contribution in [2.45, 2.75) is 20.0 Å². The van der Waals surface area contributed by atoms with Crippen LogP contribution in [0.4, 0.5) is 5.69 Å². The maximum Gasteiger partial charge on any atom is 0.0924 e. The Bertz CT molecular complexity index is 288. The molecule has 0 N–H and O–H groups in total. The molecular formula is C12H17NO. The maximum atomic E-state index is 5.51. The smallest absolute Gasteiger partial charge is 0.0924 e. The standard InChI is InChI=1S/C12H17NO/c1-3-14-12-8-13(9-12)11-6-4-10(2)5-7-11/h4-7,12H,3,8-9H2,1-2H3. The van der Waals surface area contributed by atoms with Gasteiger partial charge in [0.2, 0.25) is 0 Å². The van der Waals surface area contributed by atoms with Crippen LogP contribution >= 0.6 is 0 Å². The highest BCUT2D eigenvalue weighted by Crippen LogP contribution is 2.22. The number of nitrogens with zero attached hydrogens (tertiary/aromatic N) is 1. The van der Waals surface area contributed by atoms with E-state index in [0.29, 0.717) is 6.10 Å². The maximum absolute atomic E-state index is 5.51. The zero-order chi connectivity index (χ0) is 9.97. The summed E-state index contributed by atoms with van der Waals surface area (Å²) in [5, 5.41) is 0. The first-order valence-corrected chi connectivity index (χ1v) is 5.23. The normalized spacial score (nSPS) is 16.9. The van der Waals surface area contributed by atoms with Gasteiger partial charge in [-0.25, -0.2) is 0 Å². The summed E-state index contributed by atoms with van der Waals surface area (Å²) in [6, 6.07) is 8.67. The first-order valence-electron chi connectivity index (χ1n) is 5.23. The minimum atomic E-state index is 0.446. The Hall–Kier alpha value is -1.02. The van der Waals surface area contributed by atoms with Gasteiger partial charge >= 0.3 is 0 Å². The summed E-state index contributed by atoms with van der Waals surface area (Å²) in [5.41, 5.74) is 2.63. The molecule has 0 bridgehead atoms. The van der Waals surface area contributed by atoms with Crippen LogP contribution < -0.4 is 4.90 Å². The monoisotopic (exact) mass is 191 g/mol. The number of aryl methyl sites for hydroxylation is 1.